The summed E-state index contributed by atoms with van der Waals surface area (Å²) in [6.45, 7) is 3.95. The van der Waals surface area contributed by atoms with Gasteiger partial charge in [-0.15, -0.1) is 0 Å². The number of nitrogens with one attached hydrogen (secondary N) is 2. The van der Waals surface area contributed by atoms with Gasteiger partial charge in [0, 0.05) is 18.0 Å². The Hall–Kier alpha value is -3.11. The highest BCUT2D eigenvalue weighted by molar-refractivity contribution is 8.03. The highest BCUT2D eigenvalue weighted by Crippen LogP contribution is 2.36. The van der Waals surface area contributed by atoms with Gasteiger partial charge in [0.1, 0.15) is 5.82 Å². The number of carbonyl (C=O) groups excluding carboxylic acids is 2. The first-order valence-corrected chi connectivity index (χ1v) is 10.1. The molecule has 1 aliphatic heterocycles. The smallest absolute Gasteiger partial charge is 0.234 e. The molecule has 1 heterocycles. The Morgan fingerprint density at radius 2 is 2.03 bits per heavy atom. The molecule has 0 aliphatic carbocycles. The molecule has 2 aromatic rings. The molecule has 0 aromatic heterocycles. The normalized spacial score (nSPS) is 16.2. The summed E-state index contributed by atoms with van der Waals surface area (Å²) in [5, 5.41) is 15.4. The van der Waals surface area contributed by atoms with E-state index in [-0.39, 0.29) is 29.6 Å². The largest absolute Gasteiger partial charge is 0.325 e. The van der Waals surface area contributed by atoms with Gasteiger partial charge in [-0.2, -0.15) is 5.26 Å². The molecule has 2 amide bonds. The van der Waals surface area contributed by atoms with E-state index in [0.29, 0.717) is 16.3 Å². The minimum atomic E-state index is -0.666. The number of hydrogen-bond acceptors (Lipinski definition) is 4. The zero-order chi connectivity index (χ0) is 21.0. The van der Waals surface area contributed by atoms with Crippen molar-refractivity contribution in [3.8, 4) is 6.07 Å². The number of halogens is 1. The highest BCUT2D eigenvalue weighted by Gasteiger charge is 2.31. The van der Waals surface area contributed by atoms with E-state index in [1.165, 1.54) is 6.07 Å². The lowest BCUT2D eigenvalue weighted by Gasteiger charge is -2.25. The Morgan fingerprint density at radius 1 is 1.28 bits per heavy atom. The van der Waals surface area contributed by atoms with Crippen LogP contribution in [0.3, 0.4) is 0 Å². The molecule has 0 saturated carbocycles. The van der Waals surface area contributed by atoms with Gasteiger partial charge in [-0.1, -0.05) is 36.0 Å². The molecule has 7 heteroatoms. The van der Waals surface area contributed by atoms with E-state index in [9.17, 15) is 19.2 Å². The highest BCUT2D eigenvalue weighted by atomic mass is 32.2. The van der Waals surface area contributed by atoms with Gasteiger partial charge in [0.2, 0.25) is 11.8 Å². The Bertz CT molecular complexity index is 1040. The van der Waals surface area contributed by atoms with Gasteiger partial charge in [0.25, 0.3) is 0 Å². The van der Waals surface area contributed by atoms with E-state index in [0.717, 1.165) is 22.9 Å². The molecule has 29 heavy (non-hydrogen) atoms. The van der Waals surface area contributed by atoms with Crippen LogP contribution < -0.4 is 10.6 Å². The first-order chi connectivity index (χ1) is 13.9. The second-order valence-corrected chi connectivity index (χ2v) is 7.80. The number of amides is 2. The zero-order valence-corrected chi connectivity index (χ0v) is 16.9. The van der Waals surface area contributed by atoms with Crippen LogP contribution in [0, 0.1) is 31.0 Å². The fourth-order valence-corrected chi connectivity index (χ4v) is 3.99. The molecule has 1 atom stereocenters. The fraction of sp³-hybridized carbons (Fsp3) is 0.227. The number of nitrogens with zero attached hydrogens (tertiary/aromatic N) is 1. The fourth-order valence-electron chi connectivity index (χ4n) is 3.11. The Morgan fingerprint density at radius 3 is 2.72 bits per heavy atom. The van der Waals surface area contributed by atoms with E-state index >= 15 is 0 Å². The minimum Gasteiger partial charge on any atom is -0.325 e. The number of thioether (sulfide) groups is 1. The van der Waals surface area contributed by atoms with Crippen LogP contribution in [-0.2, 0) is 9.59 Å². The Balaban J connectivity index is 1.76. The van der Waals surface area contributed by atoms with Crippen molar-refractivity contribution in [3.05, 3.63) is 75.6 Å². The van der Waals surface area contributed by atoms with Crippen molar-refractivity contribution in [1.82, 2.24) is 5.32 Å². The molecule has 2 aromatic carbocycles. The molecular formula is C22H20FN3O2S. The van der Waals surface area contributed by atoms with Crippen LogP contribution >= 0.6 is 11.8 Å². The van der Waals surface area contributed by atoms with E-state index in [1.54, 1.807) is 18.2 Å². The summed E-state index contributed by atoms with van der Waals surface area (Å²) >= 11 is 1.06. The van der Waals surface area contributed by atoms with Crippen LogP contribution in [0.5, 0.6) is 0 Å². The van der Waals surface area contributed by atoms with Crippen molar-refractivity contribution in [1.29, 1.82) is 5.26 Å². The van der Waals surface area contributed by atoms with E-state index in [2.05, 4.69) is 16.7 Å². The van der Waals surface area contributed by atoms with E-state index in [1.807, 2.05) is 32.0 Å². The Kier molecular flexibility index (Phi) is 6.35. The molecular weight excluding hydrogens is 389 g/mol. The van der Waals surface area contributed by atoms with Crippen LogP contribution in [0.4, 0.5) is 10.1 Å². The summed E-state index contributed by atoms with van der Waals surface area (Å²) < 4.78 is 14.2. The average Bonchev–Trinajstić information content (AvgIpc) is 2.69. The maximum Gasteiger partial charge on any atom is 0.234 e. The Labute approximate surface area is 173 Å². The van der Waals surface area contributed by atoms with Gasteiger partial charge in [-0.3, -0.25) is 9.59 Å². The summed E-state index contributed by atoms with van der Waals surface area (Å²) in [7, 11) is 0. The third-order valence-corrected chi connectivity index (χ3v) is 5.79. The quantitative estimate of drug-likeness (QED) is 0.777. The van der Waals surface area contributed by atoms with E-state index < -0.39 is 11.7 Å². The van der Waals surface area contributed by atoms with Gasteiger partial charge in [0.05, 0.1) is 22.4 Å². The van der Waals surface area contributed by atoms with Crippen LogP contribution in [0.1, 0.15) is 29.0 Å². The molecule has 0 bridgehead atoms. The molecule has 0 radical (unpaired) electrons. The van der Waals surface area contributed by atoms with Crippen LogP contribution in [-0.4, -0.2) is 17.6 Å². The summed E-state index contributed by atoms with van der Waals surface area (Å²) in [4.78, 5) is 24.5. The predicted molar refractivity (Wildman–Crippen MR) is 112 cm³/mol. The van der Waals surface area contributed by atoms with Gasteiger partial charge < -0.3 is 10.6 Å². The zero-order valence-electron chi connectivity index (χ0n) is 16.1. The number of hydrogen-bond donors (Lipinski definition) is 2. The maximum atomic E-state index is 14.2. The average molecular weight is 409 g/mol. The van der Waals surface area contributed by atoms with Gasteiger partial charge in [0.15, 0.2) is 0 Å². The SMILES string of the molecule is Cc1ccc(NC(=O)CSC2=C(C#N)C(c3ccccc3F)CC(=O)N2)cc1C. The number of carbonyl (C=O) groups is 2. The third-order valence-electron chi connectivity index (χ3n) is 4.77. The lowest BCUT2D eigenvalue weighted by molar-refractivity contribution is -0.121. The van der Waals surface area contributed by atoms with Crippen LogP contribution in [0.2, 0.25) is 0 Å². The lowest BCUT2D eigenvalue weighted by Crippen LogP contribution is -2.31. The van der Waals surface area contributed by atoms with Crippen molar-refractivity contribution in [2.24, 2.45) is 0 Å². The van der Waals surface area contributed by atoms with Crippen LogP contribution in [0.25, 0.3) is 0 Å². The van der Waals surface area contributed by atoms with Crippen molar-refractivity contribution in [2.45, 2.75) is 26.2 Å². The molecule has 1 unspecified atom stereocenters. The van der Waals surface area contributed by atoms with Crippen molar-refractivity contribution in [2.75, 3.05) is 11.1 Å². The lowest BCUT2D eigenvalue weighted by atomic mass is 9.87. The molecule has 1 aliphatic rings. The molecule has 2 N–H and O–H groups in total. The molecule has 0 spiro atoms. The number of rotatable bonds is 5. The molecule has 0 fully saturated rings. The second-order valence-electron chi connectivity index (χ2n) is 6.82. The minimum absolute atomic E-state index is 0.0112. The predicted octanol–water partition coefficient (Wildman–Crippen LogP) is 4.15. The first kappa shape index (κ1) is 20.6. The summed E-state index contributed by atoms with van der Waals surface area (Å²) in [6, 6.07) is 13.8. The summed E-state index contributed by atoms with van der Waals surface area (Å²) in [5.41, 5.74) is 3.45. The first-order valence-electron chi connectivity index (χ1n) is 9.07. The van der Waals surface area contributed by atoms with Gasteiger partial charge in [-0.05, 0) is 48.7 Å². The van der Waals surface area contributed by atoms with Gasteiger partial charge in [-0.25, -0.2) is 4.39 Å². The third kappa shape index (κ3) is 4.84. The standard InChI is InChI=1S/C22H20FN3O2S/c1-13-7-8-15(9-14(13)2)25-21(28)12-29-22-18(11-24)17(10-20(27)26-22)16-5-3-4-6-19(16)23/h3-9,17H,10,12H2,1-2H3,(H,25,28)(H,26,27). The number of benzene rings is 2. The summed E-state index contributed by atoms with van der Waals surface area (Å²) in [6.07, 6.45) is -0.0112. The summed E-state index contributed by atoms with van der Waals surface area (Å²) in [5.74, 6) is -1.69. The molecule has 0 saturated heterocycles. The monoisotopic (exact) mass is 409 g/mol. The second kappa shape index (κ2) is 8.93. The number of allylic oxidation sites excluding steroid dienone is 1. The molecule has 148 valence electrons. The molecule has 3 rings (SSSR count). The van der Waals surface area contributed by atoms with Crippen molar-refractivity contribution < 1.29 is 14.0 Å². The van der Waals surface area contributed by atoms with Gasteiger partial charge >= 0.3 is 0 Å². The van der Waals surface area contributed by atoms with E-state index in [4.69, 9.17) is 0 Å². The van der Waals surface area contributed by atoms with Crippen molar-refractivity contribution >= 4 is 29.3 Å². The van der Waals surface area contributed by atoms with Crippen LogP contribution in [0.15, 0.2) is 53.1 Å². The number of aryl methyl sites for hydroxylation is 2. The molecule has 5 nitrogen and oxygen atoms in total. The topological polar surface area (TPSA) is 82.0 Å². The number of nitriles is 1. The maximum absolute atomic E-state index is 14.2. The number of anilines is 1. The van der Waals surface area contributed by atoms with Crippen molar-refractivity contribution in [3.63, 3.8) is 0 Å².